The van der Waals surface area contributed by atoms with Crippen molar-refractivity contribution >= 4 is 87.7 Å². The van der Waals surface area contributed by atoms with E-state index >= 15 is 0 Å². The summed E-state index contributed by atoms with van der Waals surface area (Å²) in [6, 6.07) is -2.17. The van der Waals surface area contributed by atoms with Crippen molar-refractivity contribution in [1.29, 1.82) is 0 Å². The van der Waals surface area contributed by atoms with Gasteiger partial charge in [0.2, 0.25) is 41.4 Å². The number of aromatic nitrogens is 3. The highest BCUT2D eigenvalue weighted by atomic mass is 16.4. The maximum Gasteiger partial charge on any atom is 0.326 e. The number of hydrogen-bond acceptors (Lipinski definition) is 26. The second-order valence-corrected chi connectivity index (χ2v) is 20.5. The number of nitrogens with two attached hydrogens (primary N) is 1. The normalized spacial score (nSPS) is 15.5. The van der Waals surface area contributed by atoms with Crippen molar-refractivity contribution < 1.29 is 119 Å². The van der Waals surface area contributed by atoms with Crippen molar-refractivity contribution in [2.75, 3.05) is 44.4 Å². The Morgan fingerprint density at radius 3 is 1.40 bits per heavy atom. The number of nitrogens with zero attached hydrogens (tertiary/aromatic N) is 2. The number of benzene rings is 1. The number of carboxylic acids is 3. The molecule has 2 aromatic heterocycles. The minimum atomic E-state index is -2.12. The van der Waals surface area contributed by atoms with E-state index in [2.05, 4.69) is 62.8 Å². The van der Waals surface area contributed by atoms with Crippen LogP contribution in [0.25, 0.3) is 11.0 Å². The number of H-pyrrole nitrogens is 1. The Kier molecular flexibility index (Phi) is 31.6. The minimum absolute atomic E-state index is 0.0405. The number of aliphatic carboxylic acids is 3. The fourth-order valence-electron chi connectivity index (χ4n) is 8.27. The van der Waals surface area contributed by atoms with Gasteiger partial charge in [0, 0.05) is 69.6 Å². The molecular formula is C53H77N13O25. The van der Waals surface area contributed by atoms with E-state index in [-0.39, 0.29) is 29.0 Å². The average Bonchev–Trinajstić information content (AvgIpc) is 2.34. The molecule has 8 amide bonds. The van der Waals surface area contributed by atoms with Crippen molar-refractivity contribution in [3.63, 3.8) is 0 Å². The predicted molar refractivity (Wildman–Crippen MR) is 309 cm³/mol. The third-order valence-corrected chi connectivity index (χ3v) is 13.6. The van der Waals surface area contributed by atoms with E-state index < -0.39 is 240 Å². The largest absolute Gasteiger partial charge is 0.481 e. The number of hydrogen-bond donors (Lipinski definition) is 24. The first-order valence-corrected chi connectivity index (χ1v) is 28.0. The van der Waals surface area contributed by atoms with E-state index in [0.29, 0.717) is 11.4 Å². The molecular weight excluding hydrogens is 1220 g/mol. The third-order valence-electron chi connectivity index (χ3n) is 13.6. The van der Waals surface area contributed by atoms with Crippen LogP contribution in [0.2, 0.25) is 0 Å². The summed E-state index contributed by atoms with van der Waals surface area (Å²) in [6.45, 7) is -3.59. The first-order chi connectivity index (χ1) is 42.9. The highest BCUT2D eigenvalue weighted by Crippen LogP contribution is 2.15. The van der Waals surface area contributed by atoms with Crippen LogP contribution >= 0.6 is 0 Å². The second kappa shape index (κ2) is 37.8. The molecule has 0 fully saturated rings. The van der Waals surface area contributed by atoms with Gasteiger partial charge in [-0.3, -0.25) is 57.7 Å². The SMILES string of the molecule is CNC(=O)[C@H](CCC(=O)O)NC(=O)[C@H](CCC(=O)NC[C@H](O)[C@@H](O)[C@H](O)[C@H](O)CO)NC(=O)[C@H](CCC(=O)O)NC(=O)[C@H](CCC(=O)NC[C@H](O)[C@@H](O)[C@H](O)[C@H](O)CO)NC(=O)CC[C@H](NC(=O)c1ccc(NCc2cnc3cc(N)[nH]c(=O)c3n2)cc1)C(=O)O. The van der Waals surface area contributed by atoms with Crippen LogP contribution in [0.3, 0.4) is 0 Å². The molecule has 0 spiro atoms. The van der Waals surface area contributed by atoms with Crippen molar-refractivity contribution in [3.8, 4) is 0 Å². The molecule has 38 nitrogen and oxygen atoms in total. The van der Waals surface area contributed by atoms with Crippen molar-refractivity contribution in [2.45, 2.75) is 150 Å². The number of fused-ring (bicyclic) bond motifs is 1. The van der Waals surface area contributed by atoms with E-state index in [9.17, 15) is 114 Å². The summed E-state index contributed by atoms with van der Waals surface area (Å²) < 4.78 is 0. The van der Waals surface area contributed by atoms with Gasteiger partial charge in [-0.25, -0.2) is 9.78 Å². The second-order valence-electron chi connectivity index (χ2n) is 20.5. The van der Waals surface area contributed by atoms with Crippen molar-refractivity contribution in [1.82, 2.24) is 57.5 Å². The number of carbonyl (C=O) groups is 11. The summed E-state index contributed by atoms with van der Waals surface area (Å²) in [4.78, 5) is 167. The van der Waals surface area contributed by atoms with Gasteiger partial charge in [0.15, 0.2) is 5.52 Å². The van der Waals surface area contributed by atoms with Crippen LogP contribution in [0, 0.1) is 0 Å². The number of rotatable bonds is 41. The number of aliphatic hydroxyl groups is 10. The quantitative estimate of drug-likeness (QED) is 0.0251. The van der Waals surface area contributed by atoms with Gasteiger partial charge < -0.3 is 125 Å². The molecule has 504 valence electrons. The van der Waals surface area contributed by atoms with Gasteiger partial charge >= 0.3 is 17.9 Å². The zero-order chi connectivity index (χ0) is 68.2. The zero-order valence-electron chi connectivity index (χ0n) is 48.8. The number of nitrogen functional groups attached to an aromatic ring is 1. The fraction of sp³-hybridized carbons (Fsp3) is 0.547. The molecule has 0 unspecified atom stereocenters. The van der Waals surface area contributed by atoms with E-state index in [0.717, 1.165) is 7.05 Å². The standard InChI is InChI=1S/C53H77N13O25/c1-55-48(85)26(9-14-40(76)77)62-50(87)28(7-12-38(74)59-20-33(70)44(81)46(83)35(72)22-68)63-51(88)29(10-15-41(78)79)64-49(86)27(6-11-37(73)58-19-32(69)43(80)45(82)34(71)21-67)61-39(75)13-8-30(53(90)91)65-47(84)23-2-4-24(5-3-23)56-17-25-18-57-31-16-36(54)66-52(89)42(31)60-25/h2-5,16,18,26-30,32-35,43-46,56,67-72,80-83H,6-15,17,19-22H2,1H3,(H,55,85)(H,58,73)(H,59,74)(H,61,75)(H,62,87)(H,63,88)(H,64,86)(H,65,84)(H,76,77)(H,78,79)(H,90,91)(H3,54,66,89)/t26-,27-,28-,29-,30-,32-,33-,34+,35+,43+,44+,45+,46+/m0/s1. The monoisotopic (exact) mass is 1300 g/mol. The number of nitrogens with one attached hydrogen (secondary N) is 10. The lowest BCUT2D eigenvalue weighted by Gasteiger charge is -2.27. The molecule has 3 rings (SSSR count). The topological polar surface area (TPSA) is 644 Å². The number of likely N-dealkylation sites (N-methyl/N-ethyl adjacent to an activating group) is 1. The first-order valence-electron chi connectivity index (χ1n) is 28.0. The van der Waals surface area contributed by atoms with E-state index in [4.69, 9.17) is 15.9 Å². The molecule has 38 heteroatoms. The Morgan fingerprint density at radius 1 is 0.538 bits per heavy atom. The number of anilines is 2. The summed E-state index contributed by atoms with van der Waals surface area (Å²) >= 11 is 0. The number of carboxylic acid groups (broad SMARTS) is 3. The molecule has 13 atom stereocenters. The molecule has 2 heterocycles. The lowest BCUT2D eigenvalue weighted by atomic mass is 10.0. The van der Waals surface area contributed by atoms with Crippen LogP contribution in [0.4, 0.5) is 11.5 Å². The Hall–Kier alpha value is -9.12. The van der Waals surface area contributed by atoms with Crippen LogP contribution in [-0.2, 0) is 54.5 Å². The molecule has 0 radical (unpaired) electrons. The summed E-state index contributed by atoms with van der Waals surface area (Å²) in [5.41, 5.74) is 6.18. The lowest BCUT2D eigenvalue weighted by molar-refractivity contribution is -0.140. The zero-order valence-corrected chi connectivity index (χ0v) is 48.8. The number of pyridine rings is 1. The van der Waals surface area contributed by atoms with E-state index in [1.807, 2.05) is 0 Å². The molecule has 0 saturated heterocycles. The fourth-order valence-corrected chi connectivity index (χ4v) is 8.27. The van der Waals surface area contributed by atoms with E-state index in [1.54, 1.807) is 0 Å². The van der Waals surface area contributed by atoms with Gasteiger partial charge in [-0.1, -0.05) is 0 Å². The van der Waals surface area contributed by atoms with Crippen LogP contribution in [0.1, 0.15) is 80.3 Å². The Labute approximate surface area is 515 Å². The number of carbonyl (C=O) groups excluding carboxylic acids is 8. The van der Waals surface area contributed by atoms with E-state index in [1.165, 1.54) is 36.5 Å². The average molecular weight is 1300 g/mol. The maximum atomic E-state index is 14.2. The summed E-state index contributed by atoms with van der Waals surface area (Å²) in [5, 5.41) is 148. The molecule has 91 heavy (non-hydrogen) atoms. The maximum absolute atomic E-state index is 14.2. The Morgan fingerprint density at radius 2 is 0.956 bits per heavy atom. The molecule has 0 aliphatic carbocycles. The van der Waals surface area contributed by atoms with Crippen molar-refractivity contribution in [2.24, 2.45) is 0 Å². The third kappa shape index (κ3) is 25.7. The van der Waals surface area contributed by atoms with Gasteiger partial charge in [-0.15, -0.1) is 0 Å². The Bertz CT molecular complexity index is 3050. The molecule has 0 aliphatic heterocycles. The summed E-state index contributed by atoms with van der Waals surface area (Å²) in [7, 11) is 1.14. The van der Waals surface area contributed by atoms with Crippen molar-refractivity contribution in [3.05, 3.63) is 58.1 Å². The smallest absolute Gasteiger partial charge is 0.326 e. The van der Waals surface area contributed by atoms with Crippen LogP contribution in [0.15, 0.2) is 41.3 Å². The van der Waals surface area contributed by atoms with Crippen LogP contribution in [0.5, 0.6) is 0 Å². The number of amides is 8. The molecule has 3 aromatic rings. The molecule has 0 saturated carbocycles. The number of aliphatic hydroxyl groups excluding tert-OH is 10. The Balaban J connectivity index is 1.88. The van der Waals surface area contributed by atoms with Crippen LogP contribution < -0.4 is 59.1 Å². The molecule has 0 bridgehead atoms. The minimum Gasteiger partial charge on any atom is -0.481 e. The van der Waals surface area contributed by atoms with Gasteiger partial charge in [0.05, 0.1) is 49.4 Å². The van der Waals surface area contributed by atoms with Gasteiger partial charge in [-0.2, -0.15) is 0 Å². The van der Waals surface area contributed by atoms with Gasteiger partial charge in [-0.05, 0) is 56.4 Å². The molecule has 0 aliphatic rings. The van der Waals surface area contributed by atoms with Gasteiger partial charge in [0.25, 0.3) is 11.5 Å². The predicted octanol–water partition coefficient (Wildman–Crippen LogP) is -9.45. The summed E-state index contributed by atoms with van der Waals surface area (Å²) in [6.07, 6.45) is -22.0. The lowest BCUT2D eigenvalue weighted by Crippen LogP contribution is -2.58. The summed E-state index contributed by atoms with van der Waals surface area (Å²) in [5.74, 6) is -13.4. The molecule has 25 N–H and O–H groups in total. The first kappa shape index (κ1) is 76.1. The van der Waals surface area contributed by atoms with Gasteiger partial charge in [0.1, 0.15) is 72.7 Å². The highest BCUT2D eigenvalue weighted by Gasteiger charge is 2.35. The number of aromatic amines is 1. The molecule has 1 aromatic carbocycles. The van der Waals surface area contributed by atoms with Crippen LogP contribution in [-0.4, -0.2) is 259 Å². The highest BCUT2D eigenvalue weighted by molar-refractivity contribution is 5.98.